The minimum atomic E-state index is -0.687. The van der Waals surface area contributed by atoms with Crippen LogP contribution in [0.15, 0.2) is 0 Å². The summed E-state index contributed by atoms with van der Waals surface area (Å²) in [6.45, 7) is 10.1. The lowest BCUT2D eigenvalue weighted by atomic mass is 9.50. The normalized spacial score (nSPS) is 45.5. The van der Waals surface area contributed by atoms with E-state index in [1.807, 2.05) is 27.7 Å². The van der Waals surface area contributed by atoms with Crippen molar-refractivity contribution in [1.29, 1.82) is 0 Å². The van der Waals surface area contributed by atoms with Crippen LogP contribution in [0, 0.1) is 52.3 Å². The van der Waals surface area contributed by atoms with Crippen molar-refractivity contribution in [3.05, 3.63) is 0 Å². The Morgan fingerprint density at radius 1 is 0.944 bits per heavy atom. The first-order chi connectivity index (χ1) is 16.9. The lowest BCUT2D eigenvalue weighted by Crippen LogP contribution is -2.58. The van der Waals surface area contributed by atoms with Crippen molar-refractivity contribution in [3.8, 4) is 0 Å². The van der Waals surface area contributed by atoms with Crippen molar-refractivity contribution < 1.29 is 28.6 Å². The zero-order chi connectivity index (χ0) is 25.6. The second-order valence-electron chi connectivity index (χ2n) is 14.4. The maximum atomic E-state index is 13.5. The van der Waals surface area contributed by atoms with Crippen molar-refractivity contribution in [2.45, 2.75) is 117 Å². The summed E-state index contributed by atoms with van der Waals surface area (Å²) >= 11 is 0. The maximum absolute atomic E-state index is 13.5. The Kier molecular flexibility index (Phi) is 5.63. The third-order valence-electron chi connectivity index (χ3n) is 11.9. The van der Waals surface area contributed by atoms with E-state index >= 15 is 0 Å². The van der Waals surface area contributed by atoms with Gasteiger partial charge in [-0.25, -0.2) is 0 Å². The van der Waals surface area contributed by atoms with Crippen LogP contribution < -0.4 is 0 Å². The lowest BCUT2D eigenvalue weighted by molar-refractivity contribution is -0.211. The number of rotatable bonds is 8. The molecule has 6 heteroatoms. The van der Waals surface area contributed by atoms with Crippen LogP contribution in [0.2, 0.25) is 0 Å². The average Bonchev–Trinajstić information content (AvgIpc) is 3.46. The third kappa shape index (κ3) is 3.66. The van der Waals surface area contributed by atoms with Gasteiger partial charge in [0.15, 0.2) is 0 Å². The van der Waals surface area contributed by atoms with Gasteiger partial charge in [-0.1, -0.05) is 6.92 Å². The second-order valence-corrected chi connectivity index (χ2v) is 14.4. The van der Waals surface area contributed by atoms with Crippen molar-refractivity contribution >= 4 is 17.9 Å². The fourth-order valence-electron chi connectivity index (χ4n) is 9.07. The molecule has 6 aliphatic carbocycles. The number of fused-ring (bicyclic) bond motifs is 1. The molecule has 0 aromatic carbocycles. The second kappa shape index (κ2) is 8.20. The van der Waals surface area contributed by atoms with Crippen LogP contribution in [0.4, 0.5) is 0 Å². The molecule has 6 saturated carbocycles. The number of carbonyl (C=O) groups excluding carboxylic acids is 3. The lowest BCUT2D eigenvalue weighted by Gasteiger charge is -2.59. The monoisotopic (exact) mass is 500 g/mol. The smallest absolute Gasteiger partial charge is 0.312 e. The average molecular weight is 501 g/mol. The van der Waals surface area contributed by atoms with Gasteiger partial charge in [0.25, 0.3) is 0 Å². The highest BCUT2D eigenvalue weighted by molar-refractivity contribution is 5.79. The molecule has 7 rings (SSSR count). The van der Waals surface area contributed by atoms with Crippen molar-refractivity contribution in [2.24, 2.45) is 52.3 Å². The summed E-state index contributed by atoms with van der Waals surface area (Å²) in [4.78, 5) is 39.1. The predicted octanol–water partition coefficient (Wildman–Crippen LogP) is 5.46. The molecule has 0 spiro atoms. The molecule has 1 aliphatic heterocycles. The van der Waals surface area contributed by atoms with Crippen LogP contribution in [-0.4, -0.2) is 35.7 Å². The van der Waals surface area contributed by atoms with E-state index in [1.54, 1.807) is 0 Å². The zero-order valence-corrected chi connectivity index (χ0v) is 22.7. The molecule has 0 aromatic heterocycles. The minimum absolute atomic E-state index is 0.00987. The minimum Gasteiger partial charge on any atom is -0.458 e. The Hall–Kier alpha value is -1.59. The summed E-state index contributed by atoms with van der Waals surface area (Å²) in [7, 11) is 0. The molecule has 0 N–H and O–H groups in total. The SMILES string of the molecule is CCC(C)(CCC(C)(C)C(=O)OC1(C)C2CC3CC(C2)CC1C3)C(=O)OC1C2CC3C(=O)OC1C3C2. The molecule has 6 unspecified atom stereocenters. The van der Waals surface area contributed by atoms with Crippen LogP contribution in [0.5, 0.6) is 0 Å². The molecule has 7 aliphatic rings. The number of carbonyl (C=O) groups is 3. The summed E-state index contributed by atoms with van der Waals surface area (Å²) in [6, 6.07) is 0. The van der Waals surface area contributed by atoms with Gasteiger partial charge in [0, 0.05) is 11.8 Å². The zero-order valence-electron chi connectivity index (χ0n) is 22.7. The molecule has 1 heterocycles. The first-order valence-corrected chi connectivity index (χ1v) is 14.6. The van der Waals surface area contributed by atoms with Crippen molar-refractivity contribution in [3.63, 3.8) is 0 Å². The number of hydrogen-bond donors (Lipinski definition) is 0. The third-order valence-corrected chi connectivity index (χ3v) is 11.9. The van der Waals surface area contributed by atoms with Crippen LogP contribution in [-0.2, 0) is 28.6 Å². The molecule has 0 amide bonds. The molecule has 0 aromatic rings. The van der Waals surface area contributed by atoms with Crippen molar-refractivity contribution in [2.75, 3.05) is 0 Å². The van der Waals surface area contributed by atoms with Gasteiger partial charge in [-0.2, -0.15) is 0 Å². The number of esters is 3. The van der Waals surface area contributed by atoms with Crippen LogP contribution in [0.1, 0.15) is 98.8 Å². The molecule has 200 valence electrons. The quantitative estimate of drug-likeness (QED) is 0.325. The molecule has 6 bridgehead atoms. The fourth-order valence-corrected chi connectivity index (χ4v) is 9.07. The van der Waals surface area contributed by atoms with E-state index < -0.39 is 10.8 Å². The van der Waals surface area contributed by atoms with E-state index in [2.05, 4.69) is 6.92 Å². The van der Waals surface area contributed by atoms with Gasteiger partial charge in [-0.3, -0.25) is 14.4 Å². The van der Waals surface area contributed by atoms with Gasteiger partial charge in [-0.05, 0) is 116 Å². The molecule has 36 heavy (non-hydrogen) atoms. The van der Waals surface area contributed by atoms with Crippen LogP contribution in [0.25, 0.3) is 0 Å². The molecule has 7 fully saturated rings. The summed E-state index contributed by atoms with van der Waals surface area (Å²) in [5, 5.41) is 0. The fraction of sp³-hybridized carbons (Fsp3) is 0.900. The Bertz CT molecular complexity index is 925. The van der Waals surface area contributed by atoms with Gasteiger partial charge in [0.05, 0.1) is 16.7 Å². The van der Waals surface area contributed by atoms with Gasteiger partial charge in [0.1, 0.15) is 17.8 Å². The summed E-state index contributed by atoms with van der Waals surface area (Å²) < 4.78 is 18.1. The maximum Gasteiger partial charge on any atom is 0.312 e. The summed E-state index contributed by atoms with van der Waals surface area (Å²) in [6.07, 6.45) is 9.08. The summed E-state index contributed by atoms with van der Waals surface area (Å²) in [5.41, 5.74) is -1.70. The largest absolute Gasteiger partial charge is 0.458 e. The van der Waals surface area contributed by atoms with E-state index in [4.69, 9.17) is 14.2 Å². The highest BCUT2D eigenvalue weighted by atomic mass is 16.6. The molecule has 6 nitrogen and oxygen atoms in total. The van der Waals surface area contributed by atoms with E-state index in [9.17, 15) is 14.4 Å². The predicted molar refractivity (Wildman–Crippen MR) is 132 cm³/mol. The highest BCUT2D eigenvalue weighted by Crippen LogP contribution is 2.60. The Labute approximate surface area is 215 Å². The molecule has 1 saturated heterocycles. The number of hydrogen-bond acceptors (Lipinski definition) is 6. The molecular weight excluding hydrogens is 456 g/mol. The topological polar surface area (TPSA) is 78.9 Å². The first kappa shape index (κ1) is 24.7. The van der Waals surface area contributed by atoms with E-state index in [1.165, 1.54) is 32.1 Å². The van der Waals surface area contributed by atoms with E-state index in [0.717, 1.165) is 24.7 Å². The van der Waals surface area contributed by atoms with Gasteiger partial charge >= 0.3 is 17.9 Å². The van der Waals surface area contributed by atoms with Crippen LogP contribution >= 0.6 is 0 Å². The molecule has 0 radical (unpaired) electrons. The van der Waals surface area contributed by atoms with Gasteiger partial charge < -0.3 is 14.2 Å². The Balaban J connectivity index is 1.08. The van der Waals surface area contributed by atoms with E-state index in [0.29, 0.717) is 31.1 Å². The van der Waals surface area contributed by atoms with Crippen LogP contribution in [0.3, 0.4) is 0 Å². The summed E-state index contributed by atoms with van der Waals surface area (Å²) in [5.74, 6) is 2.65. The molecule has 6 atom stereocenters. The number of ether oxygens (including phenoxy) is 3. The van der Waals surface area contributed by atoms with Crippen molar-refractivity contribution in [1.82, 2.24) is 0 Å². The molecular formula is C30H44O6. The highest BCUT2D eigenvalue weighted by Gasteiger charge is 2.64. The van der Waals surface area contributed by atoms with Gasteiger partial charge in [-0.15, -0.1) is 0 Å². The first-order valence-electron chi connectivity index (χ1n) is 14.6. The Morgan fingerprint density at radius 2 is 1.58 bits per heavy atom. The van der Waals surface area contributed by atoms with E-state index in [-0.39, 0.29) is 53.5 Å². The standard InChI is InChI=1S/C30H44O6/c1-6-29(4,27(33)35-23-18-14-21-22(15-18)25(31)34-24(21)23)8-7-28(2,3)26(32)36-30(5)19-10-16-9-17(12-19)13-20(30)11-16/h16-24H,6-15H2,1-5H3. The Morgan fingerprint density at radius 3 is 2.19 bits per heavy atom. The van der Waals surface area contributed by atoms with Gasteiger partial charge in [0.2, 0.25) is 0 Å².